The van der Waals surface area contributed by atoms with Gasteiger partial charge in [0.2, 0.25) is 0 Å². The molecule has 2 fully saturated rings. The molecule has 2 rings (SSSR count). The molecule has 1 saturated heterocycles. The van der Waals surface area contributed by atoms with Crippen LogP contribution in [0.4, 0.5) is 0 Å². The molecule has 1 N–H and O–H groups in total. The van der Waals surface area contributed by atoms with Gasteiger partial charge in [-0.2, -0.15) is 0 Å². The monoisotopic (exact) mass is 268 g/mol. The van der Waals surface area contributed by atoms with Crippen molar-refractivity contribution >= 4 is 0 Å². The van der Waals surface area contributed by atoms with Gasteiger partial charge in [0.1, 0.15) is 0 Å². The number of morpholine rings is 1. The highest BCUT2D eigenvalue weighted by Gasteiger charge is 2.30. The second kappa shape index (κ2) is 7.05. The molecule has 1 saturated carbocycles. The van der Waals surface area contributed by atoms with Crippen molar-refractivity contribution in [3.8, 4) is 0 Å². The zero-order chi connectivity index (χ0) is 13.7. The minimum Gasteiger partial charge on any atom is -0.370 e. The van der Waals surface area contributed by atoms with Gasteiger partial charge < -0.3 is 10.1 Å². The van der Waals surface area contributed by atoms with Crippen molar-refractivity contribution < 1.29 is 4.74 Å². The first kappa shape index (κ1) is 15.3. The summed E-state index contributed by atoms with van der Waals surface area (Å²) in [5.41, 5.74) is 0.0336. The third-order valence-electron chi connectivity index (χ3n) is 4.05. The molecule has 0 bridgehead atoms. The van der Waals surface area contributed by atoms with E-state index in [-0.39, 0.29) is 5.60 Å². The van der Waals surface area contributed by atoms with E-state index in [0.29, 0.717) is 6.10 Å². The van der Waals surface area contributed by atoms with E-state index in [2.05, 4.69) is 31.0 Å². The Morgan fingerprint density at radius 3 is 2.58 bits per heavy atom. The summed E-state index contributed by atoms with van der Waals surface area (Å²) >= 11 is 0. The predicted molar refractivity (Wildman–Crippen MR) is 80.6 cm³/mol. The molecule has 0 aromatic carbocycles. The number of hydrogen-bond acceptors (Lipinski definition) is 3. The molecule has 0 aromatic heterocycles. The molecule has 2 aliphatic rings. The first-order valence-electron chi connectivity index (χ1n) is 8.19. The number of nitrogens with zero attached hydrogens (tertiary/aromatic N) is 1. The van der Waals surface area contributed by atoms with Crippen molar-refractivity contribution in [1.29, 1.82) is 0 Å². The highest BCUT2D eigenvalue weighted by Crippen LogP contribution is 2.21. The highest BCUT2D eigenvalue weighted by atomic mass is 16.5. The molecule has 1 heterocycles. The second-order valence-corrected chi connectivity index (χ2v) is 7.07. The zero-order valence-electron chi connectivity index (χ0n) is 13.1. The number of unbranched alkanes of at least 4 members (excludes halogenated alkanes) is 3. The highest BCUT2D eigenvalue weighted by molar-refractivity contribution is 4.82. The van der Waals surface area contributed by atoms with Crippen LogP contribution in [0.5, 0.6) is 0 Å². The van der Waals surface area contributed by atoms with Gasteiger partial charge in [-0.1, -0.05) is 12.8 Å². The van der Waals surface area contributed by atoms with Gasteiger partial charge >= 0.3 is 0 Å². The van der Waals surface area contributed by atoms with E-state index in [1.165, 1.54) is 51.6 Å². The predicted octanol–water partition coefficient (Wildman–Crippen LogP) is 2.80. The summed E-state index contributed by atoms with van der Waals surface area (Å²) in [7, 11) is 0. The van der Waals surface area contributed by atoms with Crippen molar-refractivity contribution in [3.05, 3.63) is 0 Å². The third kappa shape index (κ3) is 6.24. The van der Waals surface area contributed by atoms with Gasteiger partial charge in [-0.05, 0) is 59.5 Å². The fourth-order valence-corrected chi connectivity index (χ4v) is 3.16. The van der Waals surface area contributed by atoms with Gasteiger partial charge in [-0.3, -0.25) is 4.90 Å². The molecule has 19 heavy (non-hydrogen) atoms. The summed E-state index contributed by atoms with van der Waals surface area (Å²) < 4.78 is 5.94. The number of ether oxygens (including phenoxy) is 1. The lowest BCUT2D eigenvalue weighted by molar-refractivity contribution is -0.128. The van der Waals surface area contributed by atoms with Crippen LogP contribution in [-0.2, 0) is 4.74 Å². The standard InChI is InChI=1S/C16H32N2O/c1-14-12-18(13-16(2,3)19-14)11-7-5-4-6-10-17-15-8-9-15/h14-15,17H,4-13H2,1-3H3. The summed E-state index contributed by atoms with van der Waals surface area (Å²) in [4.78, 5) is 2.58. The largest absolute Gasteiger partial charge is 0.370 e. The van der Waals surface area contributed by atoms with Crippen LogP contribution >= 0.6 is 0 Å². The maximum atomic E-state index is 5.94. The molecule has 1 aliphatic carbocycles. The second-order valence-electron chi connectivity index (χ2n) is 7.07. The van der Waals surface area contributed by atoms with Crippen LogP contribution in [0.1, 0.15) is 59.3 Å². The molecule has 1 aliphatic heterocycles. The van der Waals surface area contributed by atoms with Crippen LogP contribution in [0.25, 0.3) is 0 Å². The number of nitrogens with one attached hydrogen (secondary N) is 1. The minimum absolute atomic E-state index is 0.0336. The molecular weight excluding hydrogens is 236 g/mol. The SMILES string of the molecule is CC1CN(CCCCCCNC2CC2)CC(C)(C)O1. The van der Waals surface area contributed by atoms with Crippen molar-refractivity contribution in [1.82, 2.24) is 10.2 Å². The van der Waals surface area contributed by atoms with Crippen LogP contribution in [0.3, 0.4) is 0 Å². The van der Waals surface area contributed by atoms with Crippen molar-refractivity contribution in [3.63, 3.8) is 0 Å². The molecule has 0 aromatic rings. The Kier molecular flexibility index (Phi) is 5.67. The zero-order valence-corrected chi connectivity index (χ0v) is 13.1. The molecule has 0 spiro atoms. The Morgan fingerprint density at radius 2 is 1.89 bits per heavy atom. The van der Waals surface area contributed by atoms with Gasteiger partial charge in [-0.15, -0.1) is 0 Å². The smallest absolute Gasteiger partial charge is 0.0757 e. The van der Waals surface area contributed by atoms with Crippen molar-refractivity contribution in [2.45, 2.75) is 77.0 Å². The van der Waals surface area contributed by atoms with Crippen LogP contribution in [0.15, 0.2) is 0 Å². The summed E-state index contributed by atoms with van der Waals surface area (Å²) in [5, 5.41) is 3.59. The Labute approximate surface area is 119 Å². The van der Waals surface area contributed by atoms with E-state index in [1.807, 2.05) is 0 Å². The topological polar surface area (TPSA) is 24.5 Å². The van der Waals surface area contributed by atoms with Gasteiger partial charge in [0.25, 0.3) is 0 Å². The van der Waals surface area contributed by atoms with E-state index in [1.54, 1.807) is 0 Å². The van der Waals surface area contributed by atoms with Gasteiger partial charge in [0.15, 0.2) is 0 Å². The fourth-order valence-electron chi connectivity index (χ4n) is 3.16. The number of rotatable bonds is 8. The lowest BCUT2D eigenvalue weighted by atomic mass is 10.0. The fraction of sp³-hybridized carbons (Fsp3) is 1.00. The maximum Gasteiger partial charge on any atom is 0.0757 e. The summed E-state index contributed by atoms with van der Waals surface area (Å²) in [5.74, 6) is 0. The summed E-state index contributed by atoms with van der Waals surface area (Å²) in [6.07, 6.45) is 8.64. The Hall–Kier alpha value is -0.120. The Balaban J connectivity index is 1.47. The van der Waals surface area contributed by atoms with Crippen LogP contribution in [0.2, 0.25) is 0 Å². The van der Waals surface area contributed by atoms with Gasteiger partial charge in [-0.25, -0.2) is 0 Å². The summed E-state index contributed by atoms with van der Waals surface area (Å²) in [6.45, 7) is 11.3. The quantitative estimate of drug-likeness (QED) is 0.685. The molecule has 1 atom stereocenters. The lowest BCUT2D eigenvalue weighted by Crippen LogP contribution is -2.51. The molecule has 0 radical (unpaired) electrons. The minimum atomic E-state index is 0.0336. The van der Waals surface area contributed by atoms with E-state index < -0.39 is 0 Å². The van der Waals surface area contributed by atoms with E-state index in [9.17, 15) is 0 Å². The third-order valence-corrected chi connectivity index (χ3v) is 4.05. The normalized spacial score (nSPS) is 27.6. The van der Waals surface area contributed by atoms with Crippen LogP contribution in [0, 0.1) is 0 Å². The van der Waals surface area contributed by atoms with Crippen molar-refractivity contribution in [2.75, 3.05) is 26.2 Å². The molecule has 112 valence electrons. The first-order valence-corrected chi connectivity index (χ1v) is 8.19. The molecule has 3 nitrogen and oxygen atoms in total. The molecule has 3 heteroatoms. The van der Waals surface area contributed by atoms with E-state index in [4.69, 9.17) is 4.74 Å². The maximum absolute atomic E-state index is 5.94. The molecular formula is C16H32N2O. The Bertz CT molecular complexity index is 263. The summed E-state index contributed by atoms with van der Waals surface area (Å²) in [6, 6.07) is 0.872. The molecule has 1 unspecified atom stereocenters. The number of hydrogen-bond donors (Lipinski definition) is 1. The van der Waals surface area contributed by atoms with Gasteiger partial charge in [0.05, 0.1) is 11.7 Å². The lowest BCUT2D eigenvalue weighted by Gasteiger charge is -2.41. The van der Waals surface area contributed by atoms with Gasteiger partial charge in [0, 0.05) is 19.1 Å². The first-order chi connectivity index (χ1) is 9.05. The van der Waals surface area contributed by atoms with Crippen LogP contribution in [-0.4, -0.2) is 48.8 Å². The van der Waals surface area contributed by atoms with E-state index in [0.717, 1.165) is 19.1 Å². The van der Waals surface area contributed by atoms with Crippen molar-refractivity contribution in [2.24, 2.45) is 0 Å². The van der Waals surface area contributed by atoms with E-state index >= 15 is 0 Å². The van der Waals surface area contributed by atoms with Crippen LogP contribution < -0.4 is 5.32 Å². The average molecular weight is 268 g/mol. The molecule has 0 amide bonds. The average Bonchev–Trinajstić information content (AvgIpc) is 3.09. The Morgan fingerprint density at radius 1 is 1.16 bits per heavy atom.